The zero-order chi connectivity index (χ0) is 15.1. The molecule has 120 valence electrons. The zero-order valence-corrected chi connectivity index (χ0v) is 13.9. The second-order valence-electron chi connectivity index (χ2n) is 6.20. The highest BCUT2D eigenvalue weighted by atomic mass is 17.2. The highest BCUT2D eigenvalue weighted by molar-refractivity contribution is 4.89. The Hall–Kier alpha value is -0.160. The van der Waals surface area contributed by atoms with Gasteiger partial charge in [-0.25, -0.2) is 9.78 Å². The van der Waals surface area contributed by atoms with E-state index in [1.807, 2.05) is 0 Å². The summed E-state index contributed by atoms with van der Waals surface area (Å²) in [5.74, 6) is -0.447. The van der Waals surface area contributed by atoms with Crippen LogP contribution in [0.4, 0.5) is 0 Å². The molecule has 1 aliphatic rings. The smallest absolute Gasteiger partial charge is 0.206 e. The van der Waals surface area contributed by atoms with Crippen molar-refractivity contribution in [2.24, 2.45) is 5.92 Å². The van der Waals surface area contributed by atoms with E-state index in [0.717, 1.165) is 38.5 Å². The Labute approximate surface area is 124 Å². The minimum Gasteiger partial charge on any atom is -0.384 e. The van der Waals surface area contributed by atoms with Crippen molar-refractivity contribution >= 4 is 0 Å². The molecule has 20 heavy (non-hydrogen) atoms. The maximum Gasteiger partial charge on any atom is 0.206 e. The van der Waals surface area contributed by atoms with Crippen LogP contribution in [-0.2, 0) is 19.2 Å². The summed E-state index contributed by atoms with van der Waals surface area (Å²) in [7, 11) is 3.44. The Kier molecular flexibility index (Phi) is 7.45. The summed E-state index contributed by atoms with van der Waals surface area (Å²) in [6.45, 7) is 7.14. The first-order valence-electron chi connectivity index (χ1n) is 7.96. The molecule has 0 aliphatic carbocycles. The topological polar surface area (TPSA) is 36.9 Å². The molecule has 0 spiro atoms. The van der Waals surface area contributed by atoms with E-state index in [1.54, 1.807) is 14.2 Å². The molecule has 0 aromatic heterocycles. The predicted molar refractivity (Wildman–Crippen MR) is 79.3 cm³/mol. The van der Waals surface area contributed by atoms with Crippen LogP contribution >= 0.6 is 0 Å². The number of unbranched alkanes of at least 4 members (excludes halogenated alkanes) is 2. The van der Waals surface area contributed by atoms with Crippen molar-refractivity contribution < 1.29 is 19.2 Å². The minimum absolute atomic E-state index is 0.208. The maximum absolute atomic E-state index is 5.79. The van der Waals surface area contributed by atoms with Crippen molar-refractivity contribution in [2.75, 3.05) is 20.8 Å². The standard InChI is InChI=1S/C16H32O4/c1-6-8-10-15(3)12-14(13-17-4)16(18-5,20-19-15)11-9-7-2/h14H,6-13H2,1-5H3/t14-,15-,16-/m1/s1. The molecule has 3 atom stereocenters. The van der Waals surface area contributed by atoms with Crippen molar-refractivity contribution in [1.29, 1.82) is 0 Å². The van der Waals surface area contributed by atoms with Crippen molar-refractivity contribution in [3.05, 3.63) is 0 Å². The van der Waals surface area contributed by atoms with Gasteiger partial charge in [0.05, 0.1) is 6.61 Å². The fourth-order valence-electron chi connectivity index (χ4n) is 3.00. The van der Waals surface area contributed by atoms with Crippen LogP contribution in [0.5, 0.6) is 0 Å². The summed E-state index contributed by atoms with van der Waals surface area (Å²) in [5.41, 5.74) is -0.229. The first-order chi connectivity index (χ1) is 9.55. The molecule has 1 fully saturated rings. The molecule has 4 nitrogen and oxygen atoms in total. The lowest BCUT2D eigenvalue weighted by Crippen LogP contribution is -2.54. The minimum atomic E-state index is -0.655. The number of ether oxygens (including phenoxy) is 2. The normalized spacial score (nSPS) is 34.4. The highest BCUT2D eigenvalue weighted by Crippen LogP contribution is 2.43. The van der Waals surface area contributed by atoms with Gasteiger partial charge < -0.3 is 9.47 Å². The van der Waals surface area contributed by atoms with E-state index in [2.05, 4.69) is 20.8 Å². The van der Waals surface area contributed by atoms with Crippen molar-refractivity contribution in [3.63, 3.8) is 0 Å². The average Bonchev–Trinajstić information content (AvgIpc) is 2.46. The van der Waals surface area contributed by atoms with Crippen molar-refractivity contribution in [1.82, 2.24) is 0 Å². The van der Waals surface area contributed by atoms with Gasteiger partial charge in [0, 0.05) is 26.6 Å². The third-order valence-electron chi connectivity index (χ3n) is 4.34. The van der Waals surface area contributed by atoms with E-state index in [9.17, 15) is 0 Å². The SMILES string of the molecule is CCCC[C@]1(C)C[C@H](COC)[C@](CCCC)(OC)OO1. The molecule has 0 bridgehead atoms. The Morgan fingerprint density at radius 2 is 1.70 bits per heavy atom. The molecule has 1 aliphatic heterocycles. The molecule has 0 aromatic rings. The Morgan fingerprint density at radius 3 is 2.25 bits per heavy atom. The van der Waals surface area contributed by atoms with Crippen LogP contribution in [0.15, 0.2) is 0 Å². The molecule has 0 N–H and O–H groups in total. The second-order valence-corrected chi connectivity index (χ2v) is 6.20. The third-order valence-corrected chi connectivity index (χ3v) is 4.34. The molecular weight excluding hydrogens is 256 g/mol. The number of hydrogen-bond acceptors (Lipinski definition) is 4. The van der Waals surface area contributed by atoms with Gasteiger partial charge in [-0.1, -0.05) is 33.1 Å². The summed E-state index contributed by atoms with van der Waals surface area (Å²) in [5, 5.41) is 0. The van der Waals surface area contributed by atoms with Crippen LogP contribution in [-0.4, -0.2) is 32.2 Å². The Balaban J connectivity index is 2.77. The van der Waals surface area contributed by atoms with Crippen LogP contribution in [0.2, 0.25) is 0 Å². The van der Waals surface area contributed by atoms with Crippen LogP contribution in [0.3, 0.4) is 0 Å². The van der Waals surface area contributed by atoms with Gasteiger partial charge in [-0.3, -0.25) is 0 Å². The van der Waals surface area contributed by atoms with Crippen LogP contribution < -0.4 is 0 Å². The fraction of sp³-hybridized carbons (Fsp3) is 1.00. The molecule has 0 aromatic carbocycles. The molecule has 1 saturated heterocycles. The number of rotatable bonds is 9. The quantitative estimate of drug-likeness (QED) is 0.599. The first kappa shape index (κ1) is 17.9. The van der Waals surface area contributed by atoms with Crippen LogP contribution in [0.25, 0.3) is 0 Å². The first-order valence-corrected chi connectivity index (χ1v) is 7.96. The lowest BCUT2D eigenvalue weighted by atomic mass is 9.81. The van der Waals surface area contributed by atoms with Crippen molar-refractivity contribution in [3.8, 4) is 0 Å². The van der Waals surface area contributed by atoms with Gasteiger partial charge in [0.2, 0.25) is 5.79 Å². The molecule has 0 unspecified atom stereocenters. The van der Waals surface area contributed by atoms with E-state index >= 15 is 0 Å². The summed E-state index contributed by atoms with van der Waals surface area (Å²) in [4.78, 5) is 11.6. The van der Waals surface area contributed by atoms with Gasteiger partial charge >= 0.3 is 0 Å². The van der Waals surface area contributed by atoms with Gasteiger partial charge in [-0.2, -0.15) is 0 Å². The largest absolute Gasteiger partial charge is 0.384 e. The van der Waals surface area contributed by atoms with Crippen LogP contribution in [0, 0.1) is 5.92 Å². The molecule has 1 rings (SSSR count). The van der Waals surface area contributed by atoms with Gasteiger partial charge in [0.1, 0.15) is 5.60 Å². The lowest BCUT2D eigenvalue weighted by molar-refractivity contribution is -0.505. The number of hydrogen-bond donors (Lipinski definition) is 0. The van der Waals surface area contributed by atoms with Gasteiger partial charge in [-0.05, 0) is 26.2 Å². The summed E-state index contributed by atoms with van der Waals surface area (Å²) in [6.07, 6.45) is 7.26. The van der Waals surface area contributed by atoms with Crippen molar-refractivity contribution in [2.45, 2.75) is 77.1 Å². The Morgan fingerprint density at radius 1 is 1.05 bits per heavy atom. The van der Waals surface area contributed by atoms with Gasteiger partial charge in [0.25, 0.3) is 0 Å². The van der Waals surface area contributed by atoms with Gasteiger partial charge in [0.15, 0.2) is 0 Å². The molecule has 4 heteroatoms. The summed E-state index contributed by atoms with van der Waals surface area (Å²) >= 11 is 0. The Bertz CT molecular complexity index is 271. The van der Waals surface area contributed by atoms with E-state index in [0.29, 0.717) is 6.61 Å². The zero-order valence-electron chi connectivity index (χ0n) is 13.9. The van der Waals surface area contributed by atoms with Gasteiger partial charge in [-0.15, -0.1) is 0 Å². The fourth-order valence-corrected chi connectivity index (χ4v) is 3.00. The lowest BCUT2D eigenvalue weighted by Gasteiger charge is -2.47. The maximum atomic E-state index is 5.79. The second kappa shape index (κ2) is 8.32. The third kappa shape index (κ3) is 4.42. The monoisotopic (exact) mass is 288 g/mol. The molecular formula is C16H32O4. The molecule has 0 amide bonds. The molecule has 1 heterocycles. The molecule has 0 radical (unpaired) electrons. The summed E-state index contributed by atoms with van der Waals surface area (Å²) in [6, 6.07) is 0. The average molecular weight is 288 g/mol. The number of methoxy groups -OCH3 is 2. The van der Waals surface area contributed by atoms with E-state index in [1.165, 1.54) is 6.42 Å². The highest BCUT2D eigenvalue weighted by Gasteiger charge is 2.50. The van der Waals surface area contributed by atoms with E-state index < -0.39 is 5.79 Å². The van der Waals surface area contributed by atoms with Crippen LogP contribution in [0.1, 0.15) is 65.7 Å². The molecule has 0 saturated carbocycles. The summed E-state index contributed by atoms with van der Waals surface area (Å²) < 4.78 is 11.1. The van der Waals surface area contributed by atoms with E-state index in [-0.39, 0.29) is 11.5 Å². The predicted octanol–water partition coefficient (Wildman–Crippen LogP) is 4.08. The van der Waals surface area contributed by atoms with E-state index in [4.69, 9.17) is 19.2 Å².